The number of hydrogen-bond acceptors (Lipinski definition) is 5. The second-order valence-corrected chi connectivity index (χ2v) is 7.20. The Morgan fingerprint density at radius 2 is 1.07 bits per heavy atom. The summed E-state index contributed by atoms with van der Waals surface area (Å²) in [5, 5.41) is 26.9. The third-order valence-electron chi connectivity index (χ3n) is 4.56. The maximum absolute atomic E-state index is 11.9. The van der Waals surface area contributed by atoms with E-state index < -0.39 is 42.3 Å². The van der Waals surface area contributed by atoms with Crippen LogP contribution in [0.1, 0.15) is 96.8 Å². The molecule has 29 heavy (non-hydrogen) atoms. The Kier molecular flexibility index (Phi) is 18.0. The van der Waals surface area contributed by atoms with Crippen molar-refractivity contribution in [3.05, 3.63) is 0 Å². The topological polar surface area (TPSA) is 138 Å². The fourth-order valence-electron chi connectivity index (χ4n) is 3.02. The first-order valence-corrected chi connectivity index (χ1v) is 10.1. The Morgan fingerprint density at radius 1 is 0.690 bits per heavy atom. The van der Waals surface area contributed by atoms with Crippen molar-refractivity contribution in [2.75, 3.05) is 0 Å². The van der Waals surface area contributed by atoms with Crippen molar-refractivity contribution < 1.29 is 39.2 Å². The summed E-state index contributed by atoms with van der Waals surface area (Å²) in [6.45, 7) is 2.19. The summed E-state index contributed by atoms with van der Waals surface area (Å²) in [7, 11) is 0. The second kappa shape index (κ2) is 17.5. The highest BCUT2D eigenvalue weighted by Crippen LogP contribution is 2.23. The number of hydrogen-bond donors (Lipinski definition) is 3. The molecular formula is C20H36MgO8. The van der Waals surface area contributed by atoms with Crippen LogP contribution in [-0.4, -0.2) is 67.9 Å². The van der Waals surface area contributed by atoms with Gasteiger partial charge in [-0.3, -0.25) is 14.4 Å². The third-order valence-corrected chi connectivity index (χ3v) is 4.56. The summed E-state index contributed by atoms with van der Waals surface area (Å²) < 4.78 is 4.81. The van der Waals surface area contributed by atoms with E-state index in [-0.39, 0.29) is 29.5 Å². The summed E-state index contributed by atoms with van der Waals surface area (Å²) in [6, 6.07) is 0. The van der Waals surface area contributed by atoms with Gasteiger partial charge in [0.15, 0.2) is 0 Å². The standard InChI is InChI=1S/C20H34O8.Mg.2H/c1-2-3-4-5-6-7-8-9-10-11-12-13-18(25)28-20(19(26)27,14-16(21)22)15-17(23)24;;;/h2-15H2,1H3,(H,21,22)(H,23,24)(H,26,27);;;. The van der Waals surface area contributed by atoms with Crippen LogP contribution >= 0.6 is 0 Å². The van der Waals surface area contributed by atoms with E-state index in [9.17, 15) is 24.3 Å². The molecule has 0 unspecified atom stereocenters. The zero-order chi connectivity index (χ0) is 21.4. The lowest BCUT2D eigenvalue weighted by atomic mass is 9.95. The van der Waals surface area contributed by atoms with Crippen molar-refractivity contribution in [1.82, 2.24) is 0 Å². The Balaban J connectivity index is 0. The number of carbonyl (C=O) groups is 4. The molecule has 0 aromatic heterocycles. The molecule has 0 aromatic carbocycles. The molecule has 0 aliphatic carbocycles. The van der Waals surface area contributed by atoms with Crippen LogP contribution in [0.25, 0.3) is 0 Å². The van der Waals surface area contributed by atoms with E-state index in [1.807, 2.05) is 0 Å². The normalized spacial score (nSPS) is 10.8. The molecule has 0 spiro atoms. The van der Waals surface area contributed by atoms with Crippen molar-refractivity contribution in [3.8, 4) is 0 Å². The Hall–Kier alpha value is -1.35. The monoisotopic (exact) mass is 428 g/mol. The lowest BCUT2D eigenvalue weighted by Crippen LogP contribution is -2.47. The molecule has 0 rings (SSSR count). The molecule has 166 valence electrons. The third kappa shape index (κ3) is 15.2. The predicted octanol–water partition coefficient (Wildman–Crippen LogP) is 3.09. The first-order valence-electron chi connectivity index (χ1n) is 10.1. The molecule has 0 aromatic rings. The van der Waals surface area contributed by atoms with Crippen LogP contribution in [-0.2, 0) is 23.9 Å². The van der Waals surface area contributed by atoms with Gasteiger partial charge in [-0.1, -0.05) is 71.1 Å². The largest absolute Gasteiger partial charge is 0.481 e. The van der Waals surface area contributed by atoms with Gasteiger partial charge in [0.2, 0.25) is 5.60 Å². The van der Waals surface area contributed by atoms with E-state index >= 15 is 0 Å². The van der Waals surface area contributed by atoms with Crippen molar-refractivity contribution in [2.45, 2.75) is 102 Å². The van der Waals surface area contributed by atoms with Gasteiger partial charge in [-0.25, -0.2) is 4.79 Å². The van der Waals surface area contributed by atoms with Crippen molar-refractivity contribution in [2.24, 2.45) is 0 Å². The van der Waals surface area contributed by atoms with Crippen LogP contribution in [0.2, 0.25) is 0 Å². The highest BCUT2D eigenvalue weighted by molar-refractivity contribution is 5.90. The van der Waals surface area contributed by atoms with E-state index in [2.05, 4.69) is 6.92 Å². The van der Waals surface area contributed by atoms with E-state index in [4.69, 9.17) is 14.9 Å². The Morgan fingerprint density at radius 3 is 1.41 bits per heavy atom. The van der Waals surface area contributed by atoms with Crippen LogP contribution in [0.5, 0.6) is 0 Å². The highest BCUT2D eigenvalue weighted by atomic mass is 24.3. The van der Waals surface area contributed by atoms with Crippen LogP contribution in [0.3, 0.4) is 0 Å². The number of unbranched alkanes of at least 4 members (excludes halogenated alkanes) is 10. The van der Waals surface area contributed by atoms with Gasteiger partial charge >= 0.3 is 46.9 Å². The summed E-state index contributed by atoms with van der Waals surface area (Å²) in [5.41, 5.74) is -2.58. The summed E-state index contributed by atoms with van der Waals surface area (Å²) >= 11 is 0. The van der Waals surface area contributed by atoms with Gasteiger partial charge in [-0.15, -0.1) is 0 Å². The lowest BCUT2D eigenvalue weighted by Gasteiger charge is -2.26. The fourth-order valence-corrected chi connectivity index (χ4v) is 3.02. The van der Waals surface area contributed by atoms with Crippen molar-refractivity contribution in [3.63, 3.8) is 0 Å². The zero-order valence-electron chi connectivity index (χ0n) is 16.8. The molecule has 0 saturated carbocycles. The molecular weight excluding hydrogens is 393 g/mol. The Labute approximate surface area is 188 Å². The first kappa shape index (κ1) is 29.8. The smallest absolute Gasteiger partial charge is 0.349 e. The number of carboxylic acids is 3. The molecule has 3 N–H and O–H groups in total. The first-order chi connectivity index (χ1) is 13.2. The number of carboxylic acid groups (broad SMARTS) is 3. The summed E-state index contributed by atoms with van der Waals surface area (Å²) in [4.78, 5) is 45.1. The van der Waals surface area contributed by atoms with Crippen LogP contribution in [0, 0.1) is 0 Å². The van der Waals surface area contributed by atoms with Gasteiger partial charge < -0.3 is 20.1 Å². The van der Waals surface area contributed by atoms with Gasteiger partial charge in [0, 0.05) is 6.42 Å². The predicted molar refractivity (Wildman–Crippen MR) is 111 cm³/mol. The fraction of sp³-hybridized carbons (Fsp3) is 0.800. The molecule has 8 nitrogen and oxygen atoms in total. The number of esters is 1. The molecule has 0 radical (unpaired) electrons. The van der Waals surface area contributed by atoms with Gasteiger partial charge in [0.25, 0.3) is 0 Å². The average Bonchev–Trinajstić information content (AvgIpc) is 2.58. The van der Waals surface area contributed by atoms with Gasteiger partial charge in [-0.05, 0) is 6.42 Å². The lowest BCUT2D eigenvalue weighted by molar-refractivity contribution is -0.186. The van der Waals surface area contributed by atoms with Crippen molar-refractivity contribution in [1.29, 1.82) is 0 Å². The van der Waals surface area contributed by atoms with E-state index in [1.165, 1.54) is 38.5 Å². The molecule has 9 heteroatoms. The molecule has 0 amide bonds. The average molecular weight is 429 g/mol. The van der Waals surface area contributed by atoms with Crippen LogP contribution in [0.15, 0.2) is 0 Å². The van der Waals surface area contributed by atoms with Gasteiger partial charge in [0.1, 0.15) is 0 Å². The molecule has 0 heterocycles. The number of ether oxygens (including phenoxy) is 1. The van der Waals surface area contributed by atoms with Gasteiger partial charge in [0.05, 0.1) is 12.8 Å². The van der Waals surface area contributed by atoms with Crippen LogP contribution < -0.4 is 0 Å². The number of aliphatic carboxylic acids is 3. The number of rotatable bonds is 18. The number of carbonyl (C=O) groups excluding carboxylic acids is 1. The molecule has 0 bridgehead atoms. The second-order valence-electron chi connectivity index (χ2n) is 7.20. The molecule has 0 aliphatic rings. The quantitative estimate of drug-likeness (QED) is 0.172. The highest BCUT2D eigenvalue weighted by Gasteiger charge is 2.47. The summed E-state index contributed by atoms with van der Waals surface area (Å²) in [5.74, 6) is -5.76. The van der Waals surface area contributed by atoms with Crippen LogP contribution in [0.4, 0.5) is 0 Å². The van der Waals surface area contributed by atoms with E-state index in [0.29, 0.717) is 6.42 Å². The molecule has 0 atom stereocenters. The maximum Gasteiger partial charge on any atom is 0.349 e. The minimum Gasteiger partial charge on any atom is -0.481 e. The zero-order valence-corrected chi connectivity index (χ0v) is 16.8. The Bertz CT molecular complexity index is 491. The maximum atomic E-state index is 11.9. The SMILES string of the molecule is CCCCCCCCCCCCCC(=O)OC(CC(=O)O)(CC(=O)O)C(=O)O.[MgH2]. The minimum atomic E-state index is -2.58. The molecule has 0 fully saturated rings. The molecule has 0 saturated heterocycles. The van der Waals surface area contributed by atoms with Crippen molar-refractivity contribution >= 4 is 46.9 Å². The summed E-state index contributed by atoms with van der Waals surface area (Å²) in [6.07, 6.45) is 9.73. The van der Waals surface area contributed by atoms with Gasteiger partial charge in [-0.2, -0.15) is 0 Å². The van der Waals surface area contributed by atoms with E-state index in [1.54, 1.807) is 0 Å². The minimum absolute atomic E-state index is 0. The van der Waals surface area contributed by atoms with E-state index in [0.717, 1.165) is 25.7 Å². The molecule has 0 aliphatic heterocycles.